The molecule has 1 saturated heterocycles. The van der Waals surface area contributed by atoms with Crippen LogP contribution in [0.2, 0.25) is 0 Å². The first-order chi connectivity index (χ1) is 12.3. The molecule has 1 N–H and O–H groups in total. The summed E-state index contributed by atoms with van der Waals surface area (Å²) in [6, 6.07) is 3.99. The molecular weight excluding hydrogens is 312 g/mol. The molecular formula is C19H20N6. The fourth-order valence-corrected chi connectivity index (χ4v) is 3.09. The lowest BCUT2D eigenvalue weighted by molar-refractivity contribution is 0.580. The van der Waals surface area contributed by atoms with E-state index in [1.165, 1.54) is 0 Å². The number of pyridine rings is 1. The quantitative estimate of drug-likeness (QED) is 0.793. The molecule has 0 saturated carbocycles. The first-order valence-electron chi connectivity index (χ1n) is 8.59. The van der Waals surface area contributed by atoms with Crippen molar-refractivity contribution in [2.45, 2.75) is 19.4 Å². The second-order valence-electron chi connectivity index (χ2n) is 6.09. The molecule has 0 amide bonds. The van der Waals surface area contributed by atoms with E-state index in [4.69, 9.17) is 9.98 Å². The first-order valence-corrected chi connectivity index (χ1v) is 8.59. The van der Waals surface area contributed by atoms with Gasteiger partial charge >= 0.3 is 0 Å². The summed E-state index contributed by atoms with van der Waals surface area (Å²) in [7, 11) is 0. The van der Waals surface area contributed by atoms with Crippen LogP contribution in [-0.4, -0.2) is 47.2 Å². The number of anilines is 1. The Kier molecular flexibility index (Phi) is 4.40. The van der Waals surface area contributed by atoms with Gasteiger partial charge in [-0.1, -0.05) is 12.0 Å². The smallest absolute Gasteiger partial charge is 0.225 e. The van der Waals surface area contributed by atoms with E-state index in [1.54, 1.807) is 0 Å². The number of aromatic nitrogens is 3. The van der Waals surface area contributed by atoms with Crippen LogP contribution in [0.5, 0.6) is 0 Å². The Balaban J connectivity index is 1.70. The molecule has 0 spiro atoms. The van der Waals surface area contributed by atoms with E-state index in [0.717, 1.165) is 60.5 Å². The van der Waals surface area contributed by atoms with Gasteiger partial charge in [0.15, 0.2) is 0 Å². The highest BCUT2D eigenvalue weighted by molar-refractivity contribution is 5.59. The molecule has 1 fully saturated rings. The topological polar surface area (TPSA) is 66.3 Å². The molecule has 0 radical (unpaired) electrons. The van der Waals surface area contributed by atoms with Crippen LogP contribution in [0.1, 0.15) is 13.3 Å². The van der Waals surface area contributed by atoms with Gasteiger partial charge in [0.1, 0.15) is 6.04 Å². The second kappa shape index (κ2) is 6.99. The lowest BCUT2D eigenvalue weighted by atomic mass is 10.1. The maximum Gasteiger partial charge on any atom is 0.225 e. The molecule has 6 heteroatoms. The van der Waals surface area contributed by atoms with E-state index in [1.807, 2.05) is 31.5 Å². The van der Waals surface area contributed by atoms with Crippen molar-refractivity contribution in [2.75, 3.05) is 31.1 Å². The molecule has 0 bridgehead atoms. The zero-order valence-electron chi connectivity index (χ0n) is 14.2. The number of piperazine rings is 1. The normalized spacial score (nSPS) is 19.1. The fraction of sp³-hybridized carbons (Fsp3) is 0.368. The SMILES string of the molecule is CC#CC1CC=c2ncc(-c3ccnc(N4CCNCC4)n3)cc2=N1. The van der Waals surface area contributed by atoms with E-state index >= 15 is 0 Å². The molecule has 4 rings (SSSR count). The van der Waals surface area contributed by atoms with E-state index in [0.29, 0.717) is 0 Å². The second-order valence-corrected chi connectivity index (χ2v) is 6.09. The minimum absolute atomic E-state index is 0.0244. The van der Waals surface area contributed by atoms with E-state index < -0.39 is 0 Å². The summed E-state index contributed by atoms with van der Waals surface area (Å²) in [5, 5.41) is 5.16. The predicted octanol–water partition coefficient (Wildman–Crippen LogP) is 0.144. The minimum atomic E-state index is 0.0244. The largest absolute Gasteiger partial charge is 0.338 e. The lowest BCUT2D eigenvalue weighted by Crippen LogP contribution is -2.44. The molecule has 0 aromatic carbocycles. The molecule has 126 valence electrons. The zero-order valence-corrected chi connectivity index (χ0v) is 14.2. The van der Waals surface area contributed by atoms with Crippen molar-refractivity contribution >= 4 is 12.0 Å². The van der Waals surface area contributed by atoms with Crippen molar-refractivity contribution in [3.05, 3.63) is 35.2 Å². The van der Waals surface area contributed by atoms with E-state index in [-0.39, 0.29) is 6.04 Å². The number of nitrogens with zero attached hydrogens (tertiary/aromatic N) is 5. The van der Waals surface area contributed by atoms with Crippen molar-refractivity contribution in [1.82, 2.24) is 20.3 Å². The molecule has 2 aromatic heterocycles. The third-order valence-corrected chi connectivity index (χ3v) is 4.38. The summed E-state index contributed by atoms with van der Waals surface area (Å²) in [5.41, 5.74) is 1.83. The van der Waals surface area contributed by atoms with Crippen molar-refractivity contribution in [3.8, 4) is 23.1 Å². The molecule has 1 unspecified atom stereocenters. The Morgan fingerprint density at radius 3 is 2.96 bits per heavy atom. The standard InChI is InChI=1S/C19H20N6/c1-2-3-15-4-5-17-18(23-15)12-14(13-22-17)16-6-7-21-19(24-16)25-10-8-20-9-11-25/h5-7,12-13,15,20H,4,8-11H2,1H3. The molecule has 2 aliphatic rings. The van der Waals surface area contributed by atoms with Crippen LogP contribution in [0.15, 0.2) is 29.5 Å². The van der Waals surface area contributed by atoms with Gasteiger partial charge in [0, 0.05) is 50.6 Å². The van der Waals surface area contributed by atoms with Crippen LogP contribution in [0.3, 0.4) is 0 Å². The summed E-state index contributed by atoms with van der Waals surface area (Å²) in [6.07, 6.45) is 6.60. The molecule has 0 aliphatic carbocycles. The number of fused-ring (bicyclic) bond motifs is 1. The van der Waals surface area contributed by atoms with Gasteiger partial charge in [-0.15, -0.1) is 5.92 Å². The van der Waals surface area contributed by atoms with Crippen LogP contribution >= 0.6 is 0 Å². The molecule has 4 heterocycles. The predicted molar refractivity (Wildman–Crippen MR) is 97.4 cm³/mol. The lowest BCUT2D eigenvalue weighted by Gasteiger charge is -2.27. The molecule has 2 aromatic rings. The Labute approximate surface area is 146 Å². The van der Waals surface area contributed by atoms with Gasteiger partial charge in [0.2, 0.25) is 5.95 Å². The number of hydrogen-bond donors (Lipinski definition) is 1. The Morgan fingerprint density at radius 2 is 2.12 bits per heavy atom. The van der Waals surface area contributed by atoms with Gasteiger partial charge < -0.3 is 10.2 Å². The highest BCUT2D eigenvalue weighted by Gasteiger charge is 2.14. The average Bonchev–Trinajstić information content (AvgIpc) is 2.68. The van der Waals surface area contributed by atoms with Gasteiger partial charge in [0.25, 0.3) is 0 Å². The van der Waals surface area contributed by atoms with Crippen LogP contribution in [0.4, 0.5) is 5.95 Å². The van der Waals surface area contributed by atoms with Gasteiger partial charge in [-0.3, -0.25) is 9.98 Å². The van der Waals surface area contributed by atoms with E-state index in [9.17, 15) is 0 Å². The molecule has 6 nitrogen and oxygen atoms in total. The molecule has 1 atom stereocenters. The summed E-state index contributed by atoms with van der Waals surface area (Å²) in [6.45, 7) is 5.62. The zero-order chi connectivity index (χ0) is 17.1. The number of rotatable bonds is 2. The van der Waals surface area contributed by atoms with Gasteiger partial charge in [-0.25, -0.2) is 9.97 Å². The molecule has 2 aliphatic heterocycles. The third kappa shape index (κ3) is 3.37. The van der Waals surface area contributed by atoms with Crippen LogP contribution < -0.4 is 20.9 Å². The van der Waals surface area contributed by atoms with Crippen LogP contribution in [0, 0.1) is 11.8 Å². The minimum Gasteiger partial charge on any atom is -0.338 e. The maximum absolute atomic E-state index is 4.74. The van der Waals surface area contributed by atoms with E-state index in [2.05, 4.69) is 38.1 Å². The van der Waals surface area contributed by atoms with Crippen LogP contribution in [-0.2, 0) is 0 Å². The number of hydrogen-bond acceptors (Lipinski definition) is 6. The summed E-state index contributed by atoms with van der Waals surface area (Å²) < 4.78 is 0. The van der Waals surface area contributed by atoms with Crippen LogP contribution in [0.25, 0.3) is 17.3 Å². The Morgan fingerprint density at radius 1 is 1.24 bits per heavy atom. The average molecular weight is 332 g/mol. The monoisotopic (exact) mass is 332 g/mol. The highest BCUT2D eigenvalue weighted by Crippen LogP contribution is 2.17. The summed E-state index contributed by atoms with van der Waals surface area (Å²) >= 11 is 0. The Bertz CT molecular complexity index is 950. The maximum atomic E-state index is 4.74. The fourth-order valence-electron chi connectivity index (χ4n) is 3.09. The summed E-state index contributed by atoms with van der Waals surface area (Å²) in [5.74, 6) is 6.84. The Hall–Kier alpha value is -2.78. The van der Waals surface area contributed by atoms with Gasteiger partial charge in [-0.05, 0) is 19.1 Å². The van der Waals surface area contributed by atoms with Crippen molar-refractivity contribution < 1.29 is 0 Å². The van der Waals surface area contributed by atoms with Crippen molar-refractivity contribution in [2.24, 2.45) is 4.99 Å². The summed E-state index contributed by atoms with van der Waals surface area (Å²) in [4.78, 5) is 20.6. The van der Waals surface area contributed by atoms with Crippen molar-refractivity contribution in [1.29, 1.82) is 0 Å². The van der Waals surface area contributed by atoms with Crippen molar-refractivity contribution in [3.63, 3.8) is 0 Å². The first kappa shape index (κ1) is 15.7. The highest BCUT2D eigenvalue weighted by atomic mass is 15.3. The number of nitrogens with one attached hydrogen (secondary N) is 1. The van der Waals surface area contributed by atoms with Gasteiger partial charge in [0.05, 0.1) is 16.4 Å². The van der Waals surface area contributed by atoms with Gasteiger partial charge in [-0.2, -0.15) is 0 Å². The molecule has 25 heavy (non-hydrogen) atoms. The third-order valence-electron chi connectivity index (χ3n) is 4.38.